The van der Waals surface area contributed by atoms with Gasteiger partial charge >= 0.3 is 5.97 Å². The van der Waals surface area contributed by atoms with E-state index in [-0.39, 0.29) is 0 Å². The Morgan fingerprint density at radius 2 is 1.89 bits per heavy atom. The molecule has 0 bridgehead atoms. The third-order valence-corrected chi connectivity index (χ3v) is 4.20. The van der Waals surface area contributed by atoms with Gasteiger partial charge < -0.3 is 10.4 Å². The molecule has 1 aromatic rings. The van der Waals surface area contributed by atoms with Crippen molar-refractivity contribution in [2.45, 2.75) is 44.6 Å². The molecule has 1 aliphatic carbocycles. The Labute approximate surface area is 115 Å². The number of carboxylic acids is 1. The average Bonchev–Trinajstić information content (AvgIpc) is 2.46. The summed E-state index contributed by atoms with van der Waals surface area (Å²) in [5.41, 5.74) is 1.45. The Morgan fingerprint density at radius 3 is 2.47 bits per heavy atom. The third kappa shape index (κ3) is 4.06. The van der Waals surface area contributed by atoms with Gasteiger partial charge in [-0.05, 0) is 56.6 Å². The smallest absolute Gasteiger partial charge is 0.320 e. The van der Waals surface area contributed by atoms with Crippen LogP contribution in [0.15, 0.2) is 30.3 Å². The molecular weight excluding hydrogens is 238 g/mol. The molecule has 0 amide bonds. The largest absolute Gasteiger partial charge is 0.480 e. The topological polar surface area (TPSA) is 49.3 Å². The Morgan fingerprint density at radius 1 is 1.26 bits per heavy atom. The van der Waals surface area contributed by atoms with Crippen molar-refractivity contribution in [2.75, 3.05) is 6.54 Å². The van der Waals surface area contributed by atoms with Gasteiger partial charge in [-0.2, -0.15) is 0 Å². The first-order valence-electron chi connectivity index (χ1n) is 7.18. The molecule has 104 valence electrons. The first-order chi connectivity index (χ1) is 9.16. The Kier molecular flexibility index (Phi) is 4.97. The van der Waals surface area contributed by atoms with E-state index in [4.69, 9.17) is 5.11 Å². The van der Waals surface area contributed by atoms with Crippen molar-refractivity contribution in [1.82, 2.24) is 5.32 Å². The second-order valence-electron chi connectivity index (χ2n) is 5.60. The van der Waals surface area contributed by atoms with Crippen molar-refractivity contribution in [3.8, 4) is 0 Å². The van der Waals surface area contributed by atoms with Crippen LogP contribution in [-0.2, 0) is 4.79 Å². The quantitative estimate of drug-likeness (QED) is 0.856. The van der Waals surface area contributed by atoms with E-state index in [1.54, 1.807) is 6.92 Å². The van der Waals surface area contributed by atoms with Gasteiger partial charge in [-0.3, -0.25) is 4.79 Å². The fourth-order valence-corrected chi connectivity index (χ4v) is 2.86. The lowest BCUT2D eigenvalue weighted by Crippen LogP contribution is -2.37. The van der Waals surface area contributed by atoms with Gasteiger partial charge in [-0.1, -0.05) is 30.3 Å². The van der Waals surface area contributed by atoms with Crippen LogP contribution in [0.4, 0.5) is 0 Å². The molecule has 2 rings (SSSR count). The molecule has 1 aromatic carbocycles. The summed E-state index contributed by atoms with van der Waals surface area (Å²) in [5, 5.41) is 11.9. The van der Waals surface area contributed by atoms with Gasteiger partial charge in [0.1, 0.15) is 6.04 Å². The summed E-state index contributed by atoms with van der Waals surface area (Å²) in [4.78, 5) is 10.7. The summed E-state index contributed by atoms with van der Waals surface area (Å²) in [5.74, 6) is 0.550. The van der Waals surface area contributed by atoms with E-state index in [1.165, 1.54) is 31.2 Å². The van der Waals surface area contributed by atoms with Crippen LogP contribution in [0.5, 0.6) is 0 Å². The summed E-state index contributed by atoms with van der Waals surface area (Å²) < 4.78 is 0. The van der Waals surface area contributed by atoms with Crippen LogP contribution in [-0.4, -0.2) is 23.7 Å². The molecule has 1 fully saturated rings. The molecule has 0 aromatic heterocycles. The summed E-state index contributed by atoms with van der Waals surface area (Å²) in [6, 6.07) is 10.3. The van der Waals surface area contributed by atoms with Gasteiger partial charge in [0.15, 0.2) is 0 Å². The summed E-state index contributed by atoms with van der Waals surface area (Å²) in [6.45, 7) is 2.53. The average molecular weight is 261 g/mol. The van der Waals surface area contributed by atoms with E-state index >= 15 is 0 Å². The number of benzene rings is 1. The van der Waals surface area contributed by atoms with E-state index in [9.17, 15) is 4.79 Å². The third-order valence-electron chi connectivity index (χ3n) is 4.20. The number of carboxylic acid groups (broad SMARTS) is 1. The van der Waals surface area contributed by atoms with Gasteiger partial charge in [-0.25, -0.2) is 0 Å². The van der Waals surface area contributed by atoms with Crippen LogP contribution >= 0.6 is 0 Å². The molecule has 0 spiro atoms. The molecule has 0 unspecified atom stereocenters. The standard InChI is InChI=1S/C16H23NO2/c1-12(16(18)19)17-11-13-7-9-15(10-8-13)14-5-3-2-4-6-14/h2-6,12-13,15,17H,7-11H2,1H3,(H,18,19)/t12-,13?,15?/m0/s1. The maximum absolute atomic E-state index is 10.7. The number of carbonyl (C=O) groups is 1. The highest BCUT2D eigenvalue weighted by Gasteiger charge is 2.23. The first-order valence-corrected chi connectivity index (χ1v) is 7.18. The van der Waals surface area contributed by atoms with Crippen LogP contribution in [0, 0.1) is 5.92 Å². The van der Waals surface area contributed by atoms with E-state index in [2.05, 4.69) is 35.6 Å². The number of hydrogen-bond acceptors (Lipinski definition) is 2. The van der Waals surface area contributed by atoms with E-state index < -0.39 is 12.0 Å². The monoisotopic (exact) mass is 261 g/mol. The zero-order valence-electron chi connectivity index (χ0n) is 11.5. The molecule has 0 saturated heterocycles. The zero-order chi connectivity index (χ0) is 13.7. The molecule has 0 aliphatic heterocycles. The molecule has 1 atom stereocenters. The van der Waals surface area contributed by atoms with Crippen LogP contribution in [0.25, 0.3) is 0 Å². The molecule has 19 heavy (non-hydrogen) atoms. The molecule has 0 radical (unpaired) electrons. The fraction of sp³-hybridized carbons (Fsp3) is 0.562. The maximum Gasteiger partial charge on any atom is 0.320 e. The second-order valence-corrected chi connectivity index (χ2v) is 5.60. The molecule has 2 N–H and O–H groups in total. The van der Waals surface area contributed by atoms with Crippen LogP contribution in [0.2, 0.25) is 0 Å². The van der Waals surface area contributed by atoms with E-state index in [1.807, 2.05) is 0 Å². The lowest BCUT2D eigenvalue weighted by atomic mass is 9.78. The minimum absolute atomic E-state index is 0.438. The number of hydrogen-bond donors (Lipinski definition) is 2. The lowest BCUT2D eigenvalue weighted by Gasteiger charge is -2.29. The van der Waals surface area contributed by atoms with Gasteiger partial charge in [0.25, 0.3) is 0 Å². The Bertz CT molecular complexity index is 396. The molecular formula is C16H23NO2. The highest BCUT2D eigenvalue weighted by Crippen LogP contribution is 2.35. The highest BCUT2D eigenvalue weighted by atomic mass is 16.4. The Hall–Kier alpha value is -1.35. The predicted octanol–water partition coefficient (Wildman–Crippen LogP) is 3.02. The van der Waals surface area contributed by atoms with Crippen molar-refractivity contribution >= 4 is 5.97 Å². The van der Waals surface area contributed by atoms with Gasteiger partial charge in [0.05, 0.1) is 0 Å². The predicted molar refractivity (Wildman–Crippen MR) is 76.2 cm³/mol. The number of nitrogens with one attached hydrogen (secondary N) is 1. The normalized spacial score (nSPS) is 24.9. The first kappa shape index (κ1) is 14.1. The number of aliphatic carboxylic acids is 1. The van der Waals surface area contributed by atoms with E-state index in [0.29, 0.717) is 11.8 Å². The molecule has 1 saturated carbocycles. The van der Waals surface area contributed by atoms with Gasteiger partial charge in [-0.15, -0.1) is 0 Å². The summed E-state index contributed by atoms with van der Waals surface area (Å²) in [7, 11) is 0. The van der Waals surface area contributed by atoms with Crippen molar-refractivity contribution in [3.05, 3.63) is 35.9 Å². The fourth-order valence-electron chi connectivity index (χ4n) is 2.86. The highest BCUT2D eigenvalue weighted by molar-refractivity contribution is 5.72. The second kappa shape index (κ2) is 6.71. The maximum atomic E-state index is 10.7. The molecule has 3 nitrogen and oxygen atoms in total. The number of rotatable bonds is 5. The Balaban J connectivity index is 1.75. The molecule has 3 heteroatoms. The van der Waals surface area contributed by atoms with Crippen LogP contribution in [0.1, 0.15) is 44.1 Å². The summed E-state index contributed by atoms with van der Waals surface area (Å²) >= 11 is 0. The minimum atomic E-state index is -0.766. The van der Waals surface area contributed by atoms with Gasteiger partial charge in [0, 0.05) is 0 Å². The lowest BCUT2D eigenvalue weighted by molar-refractivity contribution is -0.139. The van der Waals surface area contributed by atoms with Crippen LogP contribution < -0.4 is 5.32 Å². The summed E-state index contributed by atoms with van der Waals surface area (Å²) in [6.07, 6.45) is 4.83. The van der Waals surface area contributed by atoms with E-state index in [0.717, 1.165) is 6.54 Å². The van der Waals surface area contributed by atoms with Gasteiger partial charge in [0.2, 0.25) is 0 Å². The molecule has 0 heterocycles. The molecule has 1 aliphatic rings. The SMILES string of the molecule is C[C@H](NCC1CCC(c2ccccc2)CC1)C(=O)O. The van der Waals surface area contributed by atoms with Crippen molar-refractivity contribution in [2.24, 2.45) is 5.92 Å². The van der Waals surface area contributed by atoms with Crippen molar-refractivity contribution in [3.63, 3.8) is 0 Å². The van der Waals surface area contributed by atoms with Crippen molar-refractivity contribution in [1.29, 1.82) is 0 Å². The zero-order valence-corrected chi connectivity index (χ0v) is 11.5. The van der Waals surface area contributed by atoms with Crippen LogP contribution in [0.3, 0.4) is 0 Å². The minimum Gasteiger partial charge on any atom is -0.480 e. The van der Waals surface area contributed by atoms with Crippen molar-refractivity contribution < 1.29 is 9.90 Å².